The molecule has 110 valence electrons. The van der Waals surface area contributed by atoms with Crippen LogP contribution in [0.2, 0.25) is 0 Å². The van der Waals surface area contributed by atoms with Gasteiger partial charge in [0.25, 0.3) is 5.91 Å². The van der Waals surface area contributed by atoms with Crippen LogP contribution in [0.25, 0.3) is 10.9 Å². The van der Waals surface area contributed by atoms with E-state index in [2.05, 4.69) is 0 Å². The molecule has 0 fully saturated rings. The Morgan fingerprint density at radius 3 is 2.71 bits per heavy atom. The summed E-state index contributed by atoms with van der Waals surface area (Å²) in [5.41, 5.74) is 8.86. The van der Waals surface area contributed by atoms with Gasteiger partial charge in [0, 0.05) is 6.20 Å². The van der Waals surface area contributed by atoms with E-state index >= 15 is 0 Å². The van der Waals surface area contributed by atoms with E-state index in [0.29, 0.717) is 0 Å². The summed E-state index contributed by atoms with van der Waals surface area (Å²) in [6, 6.07) is -0.303. The Balaban J connectivity index is 2.64. The lowest BCUT2D eigenvalue weighted by Crippen LogP contribution is -2.30. The van der Waals surface area contributed by atoms with Crippen molar-refractivity contribution in [1.82, 2.24) is 4.57 Å². The Morgan fingerprint density at radius 2 is 2.10 bits per heavy atom. The first kappa shape index (κ1) is 13.3. The number of carbonyl (C=O) groups is 1. The summed E-state index contributed by atoms with van der Waals surface area (Å²) in [5, 5.41) is -0.299. The molecule has 1 amide bonds. The summed E-state index contributed by atoms with van der Waals surface area (Å²) in [4.78, 5) is 23.6. The maximum Gasteiger partial charge on any atom is 0.254 e. The van der Waals surface area contributed by atoms with E-state index in [1.807, 2.05) is 0 Å². The fraction of sp³-hybridized carbons (Fsp3) is 0.231. The molecule has 3 rings (SSSR count). The van der Waals surface area contributed by atoms with Gasteiger partial charge in [-0.05, 0) is 6.92 Å². The molecule has 0 radical (unpaired) electrons. The van der Waals surface area contributed by atoms with Crippen molar-refractivity contribution >= 4 is 22.5 Å². The molecule has 0 saturated heterocycles. The molecule has 0 unspecified atom stereocenters. The minimum absolute atomic E-state index is 0.0279. The van der Waals surface area contributed by atoms with Crippen molar-refractivity contribution in [1.29, 1.82) is 0 Å². The van der Waals surface area contributed by atoms with E-state index < -0.39 is 28.7 Å². The number of hydrogen-bond acceptors (Lipinski definition) is 4. The molecule has 0 bridgehead atoms. The molecule has 6 nitrogen and oxygen atoms in total. The van der Waals surface area contributed by atoms with Crippen molar-refractivity contribution in [2.24, 2.45) is 5.73 Å². The van der Waals surface area contributed by atoms with E-state index in [4.69, 9.17) is 16.2 Å². The first-order valence-corrected chi connectivity index (χ1v) is 6.12. The first-order chi connectivity index (χ1) is 9.84. The van der Waals surface area contributed by atoms with Crippen LogP contribution in [-0.2, 0) is 0 Å². The lowest BCUT2D eigenvalue weighted by Gasteiger charge is -2.27. The second-order valence-electron chi connectivity index (χ2n) is 4.90. The molecular formula is C13H11F2N3O3. The normalized spacial score (nSPS) is 16.8. The summed E-state index contributed by atoms with van der Waals surface area (Å²) < 4.78 is 34.4. The zero-order valence-electron chi connectivity index (χ0n) is 10.9. The summed E-state index contributed by atoms with van der Waals surface area (Å²) in [6.45, 7) is 1.79. The number of aromatic nitrogens is 1. The lowest BCUT2D eigenvalue weighted by molar-refractivity contribution is 0.0998. The number of nitrogens with two attached hydrogens (primary N) is 2. The number of anilines is 1. The minimum atomic E-state index is -1.38. The van der Waals surface area contributed by atoms with Crippen molar-refractivity contribution in [3.8, 4) is 5.75 Å². The zero-order chi connectivity index (χ0) is 15.5. The predicted octanol–water partition coefficient (Wildman–Crippen LogP) is 0.914. The van der Waals surface area contributed by atoms with Crippen molar-refractivity contribution < 1.29 is 18.3 Å². The SMILES string of the molecule is C[C@H]1COc2c(F)c(F)c(N)c3c(=O)c(C(N)=O)cn1c23. The van der Waals surface area contributed by atoms with Crippen molar-refractivity contribution in [3.63, 3.8) is 0 Å². The average Bonchev–Trinajstić information content (AvgIpc) is 2.43. The molecular weight excluding hydrogens is 284 g/mol. The highest BCUT2D eigenvalue weighted by molar-refractivity contribution is 6.01. The van der Waals surface area contributed by atoms with Crippen molar-refractivity contribution in [3.05, 3.63) is 33.6 Å². The van der Waals surface area contributed by atoms with Gasteiger partial charge >= 0.3 is 0 Å². The van der Waals surface area contributed by atoms with E-state index in [1.54, 1.807) is 6.92 Å². The fourth-order valence-electron chi connectivity index (χ4n) is 2.48. The maximum absolute atomic E-state index is 13.9. The molecule has 1 aromatic heterocycles. The third-order valence-electron chi connectivity index (χ3n) is 3.56. The lowest BCUT2D eigenvalue weighted by atomic mass is 10.1. The Morgan fingerprint density at radius 1 is 1.43 bits per heavy atom. The van der Waals surface area contributed by atoms with E-state index in [1.165, 1.54) is 10.8 Å². The number of nitrogen functional groups attached to an aromatic ring is 1. The second-order valence-corrected chi connectivity index (χ2v) is 4.90. The van der Waals surface area contributed by atoms with Gasteiger partial charge in [0.2, 0.25) is 11.2 Å². The summed E-state index contributed by atoms with van der Waals surface area (Å²) >= 11 is 0. The van der Waals surface area contributed by atoms with Gasteiger partial charge in [-0.15, -0.1) is 0 Å². The standard InChI is InChI=1S/C13H11F2N3O3/c1-4-3-21-12-8(15)7(14)9(16)6-10(12)18(4)2-5(11(6)19)13(17)20/h2,4H,3,16H2,1H3,(H2,17,20)/t4-/m0/s1. The number of halogens is 2. The Labute approximate surface area is 116 Å². The van der Waals surface area contributed by atoms with Crippen LogP contribution in [0.1, 0.15) is 23.3 Å². The second kappa shape index (κ2) is 4.18. The molecule has 0 aliphatic carbocycles. The Bertz CT molecular complexity index is 860. The van der Waals surface area contributed by atoms with Gasteiger partial charge in [-0.25, -0.2) is 4.39 Å². The Kier molecular flexibility index (Phi) is 2.65. The number of nitrogens with zero attached hydrogens (tertiary/aromatic N) is 1. The quantitative estimate of drug-likeness (QED) is 0.764. The molecule has 4 N–H and O–H groups in total. The average molecular weight is 295 g/mol. The third-order valence-corrected chi connectivity index (χ3v) is 3.56. The van der Waals surface area contributed by atoms with Crippen LogP contribution >= 0.6 is 0 Å². The molecule has 8 heteroatoms. The zero-order valence-corrected chi connectivity index (χ0v) is 10.9. The van der Waals surface area contributed by atoms with Crippen LogP contribution in [0, 0.1) is 11.6 Å². The first-order valence-electron chi connectivity index (χ1n) is 6.12. The highest BCUT2D eigenvalue weighted by atomic mass is 19.2. The number of benzene rings is 1. The van der Waals surface area contributed by atoms with Crippen LogP contribution in [0.4, 0.5) is 14.5 Å². The van der Waals surface area contributed by atoms with Gasteiger partial charge < -0.3 is 20.8 Å². The maximum atomic E-state index is 13.9. The van der Waals surface area contributed by atoms with E-state index in [0.717, 1.165) is 0 Å². The monoisotopic (exact) mass is 295 g/mol. The molecule has 0 spiro atoms. The van der Waals surface area contributed by atoms with Crippen LogP contribution in [0.15, 0.2) is 11.0 Å². The fourth-order valence-corrected chi connectivity index (χ4v) is 2.48. The molecule has 1 aromatic carbocycles. The molecule has 2 aromatic rings. The van der Waals surface area contributed by atoms with Gasteiger partial charge in [0.05, 0.1) is 17.1 Å². The van der Waals surface area contributed by atoms with Gasteiger partial charge in [-0.3, -0.25) is 9.59 Å². The van der Waals surface area contributed by atoms with Crippen LogP contribution in [0.5, 0.6) is 5.75 Å². The topological polar surface area (TPSA) is 100 Å². The van der Waals surface area contributed by atoms with Gasteiger partial charge in [0.15, 0.2) is 11.6 Å². The van der Waals surface area contributed by atoms with Gasteiger partial charge in [0.1, 0.15) is 17.7 Å². The third kappa shape index (κ3) is 1.61. The van der Waals surface area contributed by atoms with E-state index in [9.17, 15) is 18.4 Å². The Hall–Kier alpha value is -2.64. The smallest absolute Gasteiger partial charge is 0.254 e. The molecule has 0 saturated carbocycles. The van der Waals surface area contributed by atoms with Crippen LogP contribution in [-0.4, -0.2) is 17.1 Å². The van der Waals surface area contributed by atoms with Crippen LogP contribution < -0.4 is 21.6 Å². The number of amides is 1. The highest BCUT2D eigenvalue weighted by Crippen LogP contribution is 2.38. The van der Waals surface area contributed by atoms with Crippen molar-refractivity contribution in [2.45, 2.75) is 13.0 Å². The van der Waals surface area contributed by atoms with Crippen molar-refractivity contribution in [2.75, 3.05) is 12.3 Å². The number of hydrogen-bond donors (Lipinski definition) is 2. The number of carbonyl (C=O) groups excluding carboxylic acids is 1. The van der Waals surface area contributed by atoms with Crippen LogP contribution in [0.3, 0.4) is 0 Å². The molecule has 2 heterocycles. The molecule has 21 heavy (non-hydrogen) atoms. The van der Waals surface area contributed by atoms with Gasteiger partial charge in [-0.2, -0.15) is 4.39 Å². The molecule has 1 atom stereocenters. The highest BCUT2D eigenvalue weighted by Gasteiger charge is 2.30. The number of ether oxygens (including phenoxy) is 1. The summed E-state index contributed by atoms with van der Waals surface area (Å²) in [7, 11) is 0. The predicted molar refractivity (Wildman–Crippen MR) is 71.3 cm³/mol. The van der Waals surface area contributed by atoms with E-state index in [-0.39, 0.29) is 34.9 Å². The minimum Gasteiger partial charge on any atom is -0.486 e. The number of pyridine rings is 1. The summed E-state index contributed by atoms with van der Waals surface area (Å²) in [6.07, 6.45) is 1.22. The number of primary amides is 1. The largest absolute Gasteiger partial charge is 0.486 e. The van der Waals surface area contributed by atoms with Gasteiger partial charge in [-0.1, -0.05) is 0 Å². The number of rotatable bonds is 1. The molecule has 1 aliphatic heterocycles. The molecule has 1 aliphatic rings. The summed E-state index contributed by atoms with van der Waals surface area (Å²) in [5.74, 6) is -3.98.